The van der Waals surface area contributed by atoms with Gasteiger partial charge in [0.25, 0.3) is 5.91 Å². The summed E-state index contributed by atoms with van der Waals surface area (Å²) >= 11 is 0. The molecule has 1 fully saturated rings. The van der Waals surface area contributed by atoms with Crippen LogP contribution in [0.5, 0.6) is 0 Å². The lowest BCUT2D eigenvalue weighted by Crippen LogP contribution is -2.26. The normalized spacial score (nSPS) is 14.4. The summed E-state index contributed by atoms with van der Waals surface area (Å²) in [6, 6.07) is 5.33. The molecule has 0 unspecified atom stereocenters. The van der Waals surface area contributed by atoms with Crippen LogP contribution in [-0.4, -0.2) is 25.7 Å². The minimum Gasteiger partial charge on any atom is -0.399 e. The van der Waals surface area contributed by atoms with E-state index in [2.05, 4.69) is 5.32 Å². The molecule has 0 heterocycles. The molecule has 1 saturated carbocycles. The molecule has 0 radical (unpaired) electrons. The Labute approximate surface area is 114 Å². The maximum absolute atomic E-state index is 11.9. The predicted octanol–water partition coefficient (Wildman–Crippen LogP) is 2.12. The first kappa shape index (κ1) is 13.9. The number of ether oxygens (including phenoxy) is 1. The van der Waals surface area contributed by atoms with Crippen LogP contribution in [-0.2, 0) is 4.74 Å². The fourth-order valence-electron chi connectivity index (χ4n) is 1.95. The summed E-state index contributed by atoms with van der Waals surface area (Å²) < 4.78 is 5.52. The van der Waals surface area contributed by atoms with Crippen molar-refractivity contribution in [1.82, 2.24) is 5.32 Å². The van der Waals surface area contributed by atoms with Crippen LogP contribution in [0.15, 0.2) is 18.2 Å². The second-order valence-corrected chi connectivity index (χ2v) is 5.20. The minimum absolute atomic E-state index is 0.0420. The quantitative estimate of drug-likeness (QED) is 0.584. The van der Waals surface area contributed by atoms with Gasteiger partial charge in [-0.25, -0.2) is 0 Å². The number of amides is 1. The molecule has 3 N–H and O–H groups in total. The van der Waals surface area contributed by atoms with E-state index in [0.29, 0.717) is 17.8 Å². The highest BCUT2D eigenvalue weighted by Gasteiger charge is 2.20. The van der Waals surface area contributed by atoms with Crippen LogP contribution in [0.25, 0.3) is 0 Å². The Morgan fingerprint density at radius 1 is 1.47 bits per heavy atom. The summed E-state index contributed by atoms with van der Waals surface area (Å²) in [7, 11) is 0. The van der Waals surface area contributed by atoms with Crippen LogP contribution in [0, 0.1) is 12.8 Å². The maximum atomic E-state index is 11.9. The zero-order valence-corrected chi connectivity index (χ0v) is 11.4. The SMILES string of the molecule is Cc1cc(N)ccc1C(=O)NCCCOCC1CC1. The van der Waals surface area contributed by atoms with Gasteiger partial charge in [0.05, 0.1) is 0 Å². The fourth-order valence-corrected chi connectivity index (χ4v) is 1.95. The third kappa shape index (κ3) is 4.56. The largest absolute Gasteiger partial charge is 0.399 e. The number of anilines is 1. The molecule has 4 heteroatoms. The average molecular weight is 262 g/mol. The van der Waals surface area contributed by atoms with Crippen LogP contribution in [0.3, 0.4) is 0 Å². The van der Waals surface area contributed by atoms with Gasteiger partial charge >= 0.3 is 0 Å². The van der Waals surface area contributed by atoms with Gasteiger partial charge in [0.2, 0.25) is 0 Å². The molecule has 0 bridgehead atoms. The lowest BCUT2D eigenvalue weighted by molar-refractivity contribution is 0.0937. The molecule has 0 aliphatic heterocycles. The van der Waals surface area contributed by atoms with Gasteiger partial charge in [0.1, 0.15) is 0 Å². The Bertz CT molecular complexity index is 442. The van der Waals surface area contributed by atoms with Crippen molar-refractivity contribution in [3.05, 3.63) is 29.3 Å². The number of benzene rings is 1. The van der Waals surface area contributed by atoms with Gasteiger partial charge in [-0.1, -0.05) is 0 Å². The molecule has 19 heavy (non-hydrogen) atoms. The highest BCUT2D eigenvalue weighted by molar-refractivity contribution is 5.95. The lowest BCUT2D eigenvalue weighted by atomic mass is 10.1. The first-order valence-electron chi connectivity index (χ1n) is 6.89. The third-order valence-corrected chi connectivity index (χ3v) is 3.30. The van der Waals surface area contributed by atoms with Crippen molar-refractivity contribution in [2.24, 2.45) is 5.92 Å². The number of hydrogen-bond donors (Lipinski definition) is 2. The zero-order valence-electron chi connectivity index (χ0n) is 11.4. The highest BCUT2D eigenvalue weighted by atomic mass is 16.5. The van der Waals surface area contributed by atoms with Crippen LogP contribution < -0.4 is 11.1 Å². The van der Waals surface area contributed by atoms with Crippen molar-refractivity contribution in [2.45, 2.75) is 26.2 Å². The third-order valence-electron chi connectivity index (χ3n) is 3.30. The number of rotatable bonds is 7. The van der Waals surface area contributed by atoms with Crippen molar-refractivity contribution in [1.29, 1.82) is 0 Å². The molecule has 1 amide bonds. The van der Waals surface area contributed by atoms with E-state index in [1.54, 1.807) is 12.1 Å². The number of carbonyl (C=O) groups is 1. The van der Waals surface area contributed by atoms with Gasteiger partial charge < -0.3 is 15.8 Å². The van der Waals surface area contributed by atoms with E-state index in [0.717, 1.165) is 31.1 Å². The predicted molar refractivity (Wildman–Crippen MR) is 76.1 cm³/mol. The second-order valence-electron chi connectivity index (χ2n) is 5.20. The fraction of sp³-hybridized carbons (Fsp3) is 0.533. The Kier molecular flexibility index (Phi) is 4.80. The Morgan fingerprint density at radius 2 is 2.26 bits per heavy atom. The molecule has 1 aliphatic carbocycles. The highest BCUT2D eigenvalue weighted by Crippen LogP contribution is 2.28. The Hall–Kier alpha value is -1.55. The standard InChI is InChI=1S/C15H22N2O2/c1-11-9-13(16)5-6-14(11)15(18)17-7-2-8-19-10-12-3-4-12/h5-6,9,12H,2-4,7-8,10,16H2,1H3,(H,17,18). The number of nitrogens with two attached hydrogens (primary N) is 1. The summed E-state index contributed by atoms with van der Waals surface area (Å²) in [5.41, 5.74) is 7.94. The van der Waals surface area contributed by atoms with Crippen molar-refractivity contribution < 1.29 is 9.53 Å². The molecule has 1 aromatic carbocycles. The second kappa shape index (κ2) is 6.57. The number of nitrogen functional groups attached to an aromatic ring is 1. The van der Waals surface area contributed by atoms with Gasteiger partial charge in [-0.3, -0.25) is 4.79 Å². The Morgan fingerprint density at radius 3 is 2.95 bits per heavy atom. The molecule has 0 atom stereocenters. The number of hydrogen-bond acceptors (Lipinski definition) is 3. The van der Waals surface area contributed by atoms with E-state index in [4.69, 9.17) is 10.5 Å². The molecular weight excluding hydrogens is 240 g/mol. The average Bonchev–Trinajstić information content (AvgIpc) is 3.17. The van der Waals surface area contributed by atoms with E-state index < -0.39 is 0 Å². The van der Waals surface area contributed by atoms with Crippen molar-refractivity contribution >= 4 is 11.6 Å². The summed E-state index contributed by atoms with van der Waals surface area (Å²) in [5, 5.41) is 2.90. The van der Waals surface area contributed by atoms with Crippen LogP contribution in [0.1, 0.15) is 35.2 Å². The summed E-state index contributed by atoms with van der Waals surface area (Å²) in [5.74, 6) is 0.756. The molecule has 4 nitrogen and oxygen atoms in total. The molecule has 104 valence electrons. The number of aryl methyl sites for hydroxylation is 1. The summed E-state index contributed by atoms with van der Waals surface area (Å²) in [6.07, 6.45) is 3.48. The number of nitrogens with one attached hydrogen (secondary N) is 1. The van der Waals surface area contributed by atoms with Gasteiger partial charge in [-0.05, 0) is 55.9 Å². The zero-order chi connectivity index (χ0) is 13.7. The van der Waals surface area contributed by atoms with E-state index in [9.17, 15) is 4.79 Å². The van der Waals surface area contributed by atoms with Crippen molar-refractivity contribution in [3.63, 3.8) is 0 Å². The van der Waals surface area contributed by atoms with E-state index in [1.807, 2.05) is 13.0 Å². The molecular formula is C15H22N2O2. The monoisotopic (exact) mass is 262 g/mol. The smallest absolute Gasteiger partial charge is 0.251 e. The molecule has 2 rings (SSSR count). The molecule has 0 aromatic heterocycles. The van der Waals surface area contributed by atoms with Gasteiger partial charge in [0, 0.05) is 31.0 Å². The van der Waals surface area contributed by atoms with Crippen LogP contribution >= 0.6 is 0 Å². The maximum Gasteiger partial charge on any atom is 0.251 e. The topological polar surface area (TPSA) is 64.4 Å². The summed E-state index contributed by atoms with van der Waals surface area (Å²) in [4.78, 5) is 11.9. The molecule has 0 spiro atoms. The lowest BCUT2D eigenvalue weighted by Gasteiger charge is -2.08. The van der Waals surface area contributed by atoms with Crippen molar-refractivity contribution in [2.75, 3.05) is 25.5 Å². The molecule has 1 aliphatic rings. The minimum atomic E-state index is -0.0420. The van der Waals surface area contributed by atoms with E-state index in [-0.39, 0.29) is 5.91 Å². The van der Waals surface area contributed by atoms with Gasteiger partial charge in [0.15, 0.2) is 0 Å². The summed E-state index contributed by atoms with van der Waals surface area (Å²) in [6.45, 7) is 4.14. The molecule has 0 saturated heterocycles. The first-order valence-corrected chi connectivity index (χ1v) is 6.89. The molecule has 1 aromatic rings. The number of carbonyl (C=O) groups excluding carboxylic acids is 1. The van der Waals surface area contributed by atoms with Gasteiger partial charge in [-0.2, -0.15) is 0 Å². The Balaban J connectivity index is 1.65. The first-order chi connectivity index (χ1) is 9.16. The van der Waals surface area contributed by atoms with Gasteiger partial charge in [-0.15, -0.1) is 0 Å². The van der Waals surface area contributed by atoms with Crippen LogP contribution in [0.2, 0.25) is 0 Å². The van der Waals surface area contributed by atoms with Crippen LogP contribution in [0.4, 0.5) is 5.69 Å². The van der Waals surface area contributed by atoms with E-state index >= 15 is 0 Å². The van der Waals surface area contributed by atoms with E-state index in [1.165, 1.54) is 12.8 Å². The van der Waals surface area contributed by atoms with Crippen molar-refractivity contribution in [3.8, 4) is 0 Å².